The zero-order valence-corrected chi connectivity index (χ0v) is 18.6. The summed E-state index contributed by atoms with van der Waals surface area (Å²) in [6.07, 6.45) is -6.19. The third kappa shape index (κ3) is 7.28. The molecule has 0 bridgehead atoms. The zero-order valence-electron chi connectivity index (χ0n) is 18.6. The van der Waals surface area contributed by atoms with Gasteiger partial charge >= 0.3 is 12.1 Å². The lowest BCUT2D eigenvalue weighted by molar-refractivity contribution is -0.181. The molecule has 0 unspecified atom stereocenters. The van der Waals surface area contributed by atoms with E-state index in [-0.39, 0.29) is 25.7 Å². The number of ether oxygens (including phenoxy) is 3. The monoisotopic (exact) mass is 480 g/mol. The minimum atomic E-state index is -5.12. The van der Waals surface area contributed by atoms with Gasteiger partial charge in [0.05, 0.1) is 44.6 Å². The number of hydrazine groups is 1. The average Bonchev–Trinajstić information content (AvgIpc) is 2.83. The molecule has 3 rings (SSSR count). The van der Waals surface area contributed by atoms with E-state index in [9.17, 15) is 22.8 Å². The van der Waals surface area contributed by atoms with Crippen molar-refractivity contribution in [2.75, 3.05) is 13.2 Å². The molecule has 0 radical (unpaired) electrons. The van der Waals surface area contributed by atoms with Gasteiger partial charge in [-0.25, -0.2) is 0 Å². The van der Waals surface area contributed by atoms with Gasteiger partial charge in [0.2, 0.25) is 5.91 Å². The molecular formula is C24H27F3N2O5. The van der Waals surface area contributed by atoms with Crippen molar-refractivity contribution in [3.8, 4) is 0 Å². The number of halogens is 3. The normalized spacial score (nSPS) is 22.7. The number of benzene rings is 2. The molecule has 0 aliphatic carbocycles. The lowest BCUT2D eigenvalue weighted by Crippen LogP contribution is -2.56. The van der Waals surface area contributed by atoms with Gasteiger partial charge in [-0.3, -0.25) is 20.4 Å². The molecule has 184 valence electrons. The van der Waals surface area contributed by atoms with Gasteiger partial charge in [-0.05, 0) is 11.1 Å². The number of amides is 2. The Hall–Kier alpha value is -2.95. The molecule has 1 aliphatic rings. The summed E-state index contributed by atoms with van der Waals surface area (Å²) >= 11 is 0. The highest BCUT2D eigenvalue weighted by Crippen LogP contribution is 2.30. The number of carbonyl (C=O) groups is 2. The van der Waals surface area contributed by atoms with E-state index in [2.05, 4.69) is 0 Å². The topological polar surface area (TPSA) is 85.9 Å². The Kier molecular flexibility index (Phi) is 9.03. The maximum atomic E-state index is 12.6. The Labute approximate surface area is 195 Å². The van der Waals surface area contributed by atoms with Gasteiger partial charge in [-0.15, -0.1) is 0 Å². The van der Waals surface area contributed by atoms with E-state index in [4.69, 9.17) is 14.2 Å². The highest BCUT2D eigenvalue weighted by Gasteiger charge is 2.43. The van der Waals surface area contributed by atoms with Crippen molar-refractivity contribution in [1.29, 1.82) is 0 Å². The minimum absolute atomic E-state index is 0.100. The average molecular weight is 480 g/mol. The van der Waals surface area contributed by atoms with Gasteiger partial charge < -0.3 is 14.2 Å². The molecule has 2 aromatic carbocycles. The van der Waals surface area contributed by atoms with Crippen molar-refractivity contribution >= 4 is 11.8 Å². The molecule has 0 saturated carbocycles. The maximum absolute atomic E-state index is 12.6. The highest BCUT2D eigenvalue weighted by atomic mass is 19.4. The summed E-state index contributed by atoms with van der Waals surface area (Å²) in [6, 6.07) is 18.9. The quantitative estimate of drug-likeness (QED) is 0.567. The predicted octanol–water partition coefficient (Wildman–Crippen LogP) is 3.15. The smallest absolute Gasteiger partial charge is 0.375 e. The fourth-order valence-electron chi connectivity index (χ4n) is 3.66. The summed E-state index contributed by atoms with van der Waals surface area (Å²) in [7, 11) is 0. The first-order chi connectivity index (χ1) is 16.3. The molecule has 2 N–H and O–H groups in total. The minimum Gasteiger partial charge on any atom is -0.375 e. The number of hydrogen-bond donors (Lipinski definition) is 2. The lowest BCUT2D eigenvalue weighted by Gasteiger charge is -2.40. The second kappa shape index (κ2) is 12.0. The fraction of sp³-hybridized carbons (Fsp3) is 0.417. The van der Waals surface area contributed by atoms with Crippen LogP contribution in [0.15, 0.2) is 60.7 Å². The van der Waals surface area contributed by atoms with Crippen LogP contribution in [0.5, 0.6) is 0 Å². The molecule has 1 saturated heterocycles. The SMILES string of the molecule is C[C@@H]1[C@H](OCc2ccccc2)[C@H](C(=O)NNC(=O)C(F)(F)F)CO[C@@H]1COCc1ccccc1. The van der Waals surface area contributed by atoms with Crippen molar-refractivity contribution in [2.24, 2.45) is 11.8 Å². The second-order valence-corrected chi connectivity index (χ2v) is 8.04. The molecule has 2 aromatic rings. The summed E-state index contributed by atoms with van der Waals surface area (Å²) < 4.78 is 55.0. The van der Waals surface area contributed by atoms with Crippen LogP contribution in [-0.4, -0.2) is 43.4 Å². The Bertz CT molecular complexity index is 927. The summed E-state index contributed by atoms with van der Waals surface area (Å²) in [5, 5.41) is 0. The van der Waals surface area contributed by atoms with Crippen LogP contribution >= 0.6 is 0 Å². The molecule has 1 heterocycles. The summed E-state index contributed by atoms with van der Waals surface area (Å²) in [4.78, 5) is 23.7. The third-order valence-corrected chi connectivity index (χ3v) is 5.56. The Morgan fingerprint density at radius 2 is 1.56 bits per heavy atom. The van der Waals surface area contributed by atoms with Crippen LogP contribution in [0.1, 0.15) is 18.1 Å². The first kappa shape index (κ1) is 25.7. The second-order valence-electron chi connectivity index (χ2n) is 8.04. The van der Waals surface area contributed by atoms with Crippen molar-refractivity contribution < 1.29 is 37.0 Å². The van der Waals surface area contributed by atoms with Gasteiger partial charge in [0.25, 0.3) is 0 Å². The van der Waals surface area contributed by atoms with E-state index in [1.165, 1.54) is 5.43 Å². The number of hydrogen-bond acceptors (Lipinski definition) is 5. The van der Waals surface area contributed by atoms with E-state index in [0.29, 0.717) is 6.61 Å². The van der Waals surface area contributed by atoms with E-state index in [1.54, 1.807) is 0 Å². The van der Waals surface area contributed by atoms with Crippen molar-refractivity contribution in [3.05, 3.63) is 71.8 Å². The van der Waals surface area contributed by atoms with Crippen molar-refractivity contribution in [2.45, 2.75) is 38.5 Å². The van der Waals surface area contributed by atoms with E-state index < -0.39 is 36.1 Å². The van der Waals surface area contributed by atoms with Gasteiger partial charge in [0.15, 0.2) is 0 Å². The van der Waals surface area contributed by atoms with Gasteiger partial charge in [0.1, 0.15) is 0 Å². The van der Waals surface area contributed by atoms with Crippen LogP contribution in [0.2, 0.25) is 0 Å². The van der Waals surface area contributed by atoms with Crippen LogP contribution in [0.4, 0.5) is 13.2 Å². The lowest BCUT2D eigenvalue weighted by atomic mass is 9.85. The largest absolute Gasteiger partial charge is 0.472 e. The summed E-state index contributed by atoms with van der Waals surface area (Å²) in [5.74, 6) is -4.34. The predicted molar refractivity (Wildman–Crippen MR) is 116 cm³/mol. The summed E-state index contributed by atoms with van der Waals surface area (Å²) in [5.41, 5.74) is 5.11. The first-order valence-electron chi connectivity index (χ1n) is 10.8. The number of alkyl halides is 3. The Morgan fingerprint density at radius 1 is 0.971 bits per heavy atom. The van der Waals surface area contributed by atoms with Crippen LogP contribution in [0.25, 0.3) is 0 Å². The first-order valence-corrected chi connectivity index (χ1v) is 10.8. The van der Waals surface area contributed by atoms with Crippen LogP contribution < -0.4 is 10.9 Å². The van der Waals surface area contributed by atoms with Crippen molar-refractivity contribution in [3.63, 3.8) is 0 Å². The maximum Gasteiger partial charge on any atom is 0.472 e. The van der Waals surface area contributed by atoms with E-state index >= 15 is 0 Å². The van der Waals surface area contributed by atoms with E-state index in [1.807, 2.05) is 73.0 Å². The molecule has 34 heavy (non-hydrogen) atoms. The van der Waals surface area contributed by atoms with Crippen LogP contribution in [0, 0.1) is 11.8 Å². The summed E-state index contributed by atoms with van der Waals surface area (Å²) in [6.45, 7) is 2.57. The molecule has 7 nitrogen and oxygen atoms in total. The van der Waals surface area contributed by atoms with Crippen LogP contribution in [-0.2, 0) is 37.0 Å². The van der Waals surface area contributed by atoms with E-state index in [0.717, 1.165) is 11.1 Å². The highest BCUT2D eigenvalue weighted by molar-refractivity contribution is 5.86. The van der Waals surface area contributed by atoms with Gasteiger partial charge in [-0.1, -0.05) is 67.6 Å². The molecule has 0 aromatic heterocycles. The Balaban J connectivity index is 1.63. The molecule has 4 atom stereocenters. The standard InChI is InChI=1S/C24H27F3N2O5/c1-16-20(15-32-12-17-8-4-2-5-9-17)33-14-19(22(30)28-29-23(31)24(25,26)27)21(16)34-13-18-10-6-3-7-11-18/h2-11,16,19-21H,12-15H2,1H3,(H,28,30)(H,29,31)/t16-,19+,20+,21-/m0/s1. The molecule has 1 aliphatic heterocycles. The number of carbonyl (C=O) groups excluding carboxylic acids is 2. The number of nitrogens with one attached hydrogen (secondary N) is 2. The van der Waals surface area contributed by atoms with Crippen LogP contribution in [0.3, 0.4) is 0 Å². The Morgan fingerprint density at radius 3 is 2.15 bits per heavy atom. The fourth-order valence-corrected chi connectivity index (χ4v) is 3.66. The molecular weight excluding hydrogens is 453 g/mol. The van der Waals surface area contributed by atoms with Crippen molar-refractivity contribution in [1.82, 2.24) is 10.9 Å². The molecule has 1 fully saturated rings. The zero-order chi connectivity index (χ0) is 24.6. The third-order valence-electron chi connectivity index (χ3n) is 5.56. The van der Waals surface area contributed by atoms with Gasteiger partial charge in [0, 0.05) is 5.92 Å². The molecule has 2 amide bonds. The van der Waals surface area contributed by atoms with Gasteiger partial charge in [-0.2, -0.15) is 13.2 Å². The molecule has 0 spiro atoms. The molecule has 10 heteroatoms. The number of rotatable bonds is 8.